The molecule has 0 radical (unpaired) electrons. The van der Waals surface area contributed by atoms with Crippen LogP contribution in [-0.2, 0) is 16.6 Å². The van der Waals surface area contributed by atoms with Crippen molar-refractivity contribution >= 4 is 29.0 Å². The summed E-state index contributed by atoms with van der Waals surface area (Å²) in [5.41, 5.74) is 5.06. The number of benzene rings is 1. The Balaban J connectivity index is 1.60. The number of imidazole rings is 1. The van der Waals surface area contributed by atoms with E-state index in [1.807, 2.05) is 0 Å². The number of nitrogens with two attached hydrogens (primary N) is 1. The van der Waals surface area contributed by atoms with E-state index in [-0.39, 0.29) is 45.9 Å². The molecule has 200 valence electrons. The number of carbonyl (C=O) groups is 1. The fourth-order valence-corrected chi connectivity index (χ4v) is 4.38. The third-order valence-electron chi connectivity index (χ3n) is 6.47. The molecule has 0 saturated heterocycles. The third-order valence-corrected chi connectivity index (χ3v) is 6.47. The van der Waals surface area contributed by atoms with Gasteiger partial charge in [0.2, 0.25) is 5.91 Å². The van der Waals surface area contributed by atoms with Gasteiger partial charge in [0.1, 0.15) is 34.3 Å². The van der Waals surface area contributed by atoms with Gasteiger partial charge in [0.05, 0.1) is 5.56 Å². The predicted octanol–water partition coefficient (Wildman–Crippen LogP) is 4.85. The van der Waals surface area contributed by atoms with Gasteiger partial charge in [-0.05, 0) is 24.6 Å². The van der Waals surface area contributed by atoms with Crippen molar-refractivity contribution in [2.45, 2.75) is 37.3 Å². The normalized spacial score (nSPS) is 17.2. The van der Waals surface area contributed by atoms with Crippen molar-refractivity contribution in [2.24, 2.45) is 0 Å². The van der Waals surface area contributed by atoms with E-state index >= 15 is 0 Å². The summed E-state index contributed by atoms with van der Waals surface area (Å²) in [6, 6.07) is 5.21. The number of hydrogen-bond donors (Lipinski definition) is 2. The summed E-state index contributed by atoms with van der Waals surface area (Å²) in [4.78, 5) is 32.8. The van der Waals surface area contributed by atoms with Crippen molar-refractivity contribution in [1.82, 2.24) is 24.3 Å². The lowest BCUT2D eigenvalue weighted by atomic mass is 9.78. The van der Waals surface area contributed by atoms with Crippen LogP contribution in [0.15, 0.2) is 36.7 Å². The first-order chi connectivity index (χ1) is 18.2. The molecule has 3 N–H and O–H groups in total. The van der Waals surface area contributed by atoms with Crippen molar-refractivity contribution < 1.29 is 31.1 Å². The number of aryl methyl sites for hydroxylation is 1. The molecule has 39 heavy (non-hydrogen) atoms. The molecule has 0 saturated carbocycles. The summed E-state index contributed by atoms with van der Waals surface area (Å²) < 4.78 is 80.3. The third kappa shape index (κ3) is 4.17. The molecule has 15 heteroatoms. The first-order valence-corrected chi connectivity index (χ1v) is 11.2. The number of halogens is 6. The van der Waals surface area contributed by atoms with E-state index in [4.69, 9.17) is 12.3 Å². The van der Waals surface area contributed by atoms with Gasteiger partial charge in [-0.25, -0.2) is 19.3 Å². The van der Waals surface area contributed by atoms with Gasteiger partial charge in [0, 0.05) is 25.2 Å². The number of nitrogens with zero attached hydrogens (tertiary/aromatic N) is 6. The van der Waals surface area contributed by atoms with Crippen molar-refractivity contribution in [3.63, 3.8) is 0 Å². The van der Waals surface area contributed by atoms with Crippen LogP contribution >= 0.6 is 0 Å². The van der Waals surface area contributed by atoms with Gasteiger partial charge in [0.15, 0.2) is 5.82 Å². The minimum absolute atomic E-state index is 0.0221. The number of nitrogen functional groups attached to an aromatic ring is 1. The van der Waals surface area contributed by atoms with Gasteiger partial charge in [0.25, 0.3) is 11.5 Å². The molecule has 1 atom stereocenters. The van der Waals surface area contributed by atoms with Crippen LogP contribution in [0.3, 0.4) is 0 Å². The molecule has 9 nitrogen and oxygen atoms in total. The van der Waals surface area contributed by atoms with Crippen LogP contribution in [0.2, 0.25) is 0 Å². The Morgan fingerprint density at radius 1 is 1.08 bits per heavy atom. The second-order valence-electron chi connectivity index (χ2n) is 8.96. The molecule has 4 aromatic rings. The molecule has 1 unspecified atom stereocenters. The zero-order valence-electron chi connectivity index (χ0n) is 19.8. The number of carbonyl (C=O) groups excluding carboxylic acids is 1. The van der Waals surface area contributed by atoms with Crippen molar-refractivity contribution in [1.29, 1.82) is 0 Å². The summed E-state index contributed by atoms with van der Waals surface area (Å²) in [6.07, 6.45) is -5.66. The maximum atomic E-state index is 13.7. The molecular formula is C24H16F6N8O. The number of nitrogens with one attached hydrogen (secondary N) is 1. The molecule has 1 aromatic carbocycles. The van der Waals surface area contributed by atoms with Gasteiger partial charge in [-0.15, -0.1) is 0 Å². The molecule has 0 aliphatic carbocycles. The molecule has 1 amide bonds. The van der Waals surface area contributed by atoms with Crippen LogP contribution in [0, 0.1) is 12.4 Å². The smallest absolute Gasteiger partial charge is 0.383 e. The lowest BCUT2D eigenvalue weighted by molar-refractivity contribution is -0.284. The number of alkyl halides is 5. The number of rotatable bonds is 5. The largest absolute Gasteiger partial charge is 0.453 e. The predicted molar refractivity (Wildman–Crippen MR) is 125 cm³/mol. The lowest BCUT2D eigenvalue weighted by Crippen LogP contribution is -2.36. The Kier molecular flexibility index (Phi) is 5.74. The molecule has 1 aliphatic heterocycles. The Morgan fingerprint density at radius 2 is 1.77 bits per heavy atom. The average molecular weight is 546 g/mol. The number of hydrogen-bond acceptors (Lipinski definition) is 6. The zero-order chi connectivity index (χ0) is 28.3. The number of aromatic nitrogens is 5. The van der Waals surface area contributed by atoms with Gasteiger partial charge in [-0.1, -0.05) is 23.7 Å². The van der Waals surface area contributed by atoms with Crippen molar-refractivity contribution in [2.75, 3.05) is 11.1 Å². The van der Waals surface area contributed by atoms with Crippen LogP contribution in [0.4, 0.5) is 43.8 Å². The summed E-state index contributed by atoms with van der Waals surface area (Å²) in [7, 11) is 0. The number of anilines is 2. The highest BCUT2D eigenvalue weighted by Crippen LogP contribution is 2.45. The monoisotopic (exact) mass is 546 g/mol. The average Bonchev–Trinajstić information content (AvgIpc) is 3.40. The van der Waals surface area contributed by atoms with Crippen LogP contribution < -0.4 is 11.1 Å². The van der Waals surface area contributed by atoms with Gasteiger partial charge in [-0.3, -0.25) is 9.20 Å². The topological polar surface area (TPSA) is 115 Å². The highest BCUT2D eigenvalue weighted by molar-refractivity contribution is 6.09. The zero-order valence-corrected chi connectivity index (χ0v) is 19.8. The van der Waals surface area contributed by atoms with E-state index in [1.54, 1.807) is 6.92 Å². The van der Waals surface area contributed by atoms with Crippen LogP contribution in [0.5, 0.6) is 0 Å². The minimum atomic E-state index is -5.76. The fraction of sp³-hybridized carbons (Fsp3) is 0.250. The standard InChI is InChI=1S/C24H16F6N8O/c1-22(11-3-5-12(25)6-4-11)16-17(31)35-18(36-19(16)37-21(22)39)14-9-38-10-15(32-2)34-20(38)13(33-14)7-8-23(26,27)24(28,29)30/h3-6,9-10H,7-8H2,1H3,(H3,31,35,36,37,39). The van der Waals surface area contributed by atoms with Crippen molar-refractivity contribution in [3.05, 3.63) is 70.7 Å². The highest BCUT2D eigenvalue weighted by Gasteiger charge is 2.56. The first-order valence-electron chi connectivity index (χ1n) is 11.2. The number of fused-ring (bicyclic) bond motifs is 2. The van der Waals surface area contributed by atoms with E-state index in [0.717, 1.165) is 0 Å². The minimum Gasteiger partial charge on any atom is -0.383 e. The maximum Gasteiger partial charge on any atom is 0.453 e. The molecule has 0 spiro atoms. The SMILES string of the molecule is [C-]#[N+]c1cn2cc(-c3nc(N)c4c(n3)NC(=O)C4(C)c3ccc(F)cc3)nc(CCC(F)(F)C(F)(F)F)c2n1. The van der Waals surface area contributed by atoms with Gasteiger partial charge >= 0.3 is 12.1 Å². The van der Waals surface area contributed by atoms with Crippen molar-refractivity contribution in [3.8, 4) is 11.5 Å². The second kappa shape index (κ2) is 8.65. The van der Waals surface area contributed by atoms with Crippen LogP contribution in [-0.4, -0.2) is 42.3 Å². The van der Waals surface area contributed by atoms with E-state index < -0.39 is 42.1 Å². The first kappa shape index (κ1) is 25.9. The molecule has 0 fully saturated rings. The Labute approximate surface area is 215 Å². The summed E-state index contributed by atoms with van der Waals surface area (Å²) in [5.74, 6) is -6.44. The molecule has 0 bridgehead atoms. The highest BCUT2D eigenvalue weighted by atomic mass is 19.4. The summed E-state index contributed by atoms with van der Waals surface area (Å²) >= 11 is 0. The number of amides is 1. The Morgan fingerprint density at radius 3 is 2.41 bits per heavy atom. The quantitative estimate of drug-likeness (QED) is 0.273. The summed E-state index contributed by atoms with van der Waals surface area (Å²) in [6.45, 7) is 8.71. The lowest BCUT2D eigenvalue weighted by Gasteiger charge is -2.23. The van der Waals surface area contributed by atoms with E-state index in [9.17, 15) is 31.1 Å². The molecule has 1 aliphatic rings. The van der Waals surface area contributed by atoms with Crippen LogP contribution in [0.25, 0.3) is 22.0 Å². The second-order valence-corrected chi connectivity index (χ2v) is 8.96. The molecule has 4 heterocycles. The van der Waals surface area contributed by atoms with Gasteiger partial charge in [-0.2, -0.15) is 22.0 Å². The molecule has 5 rings (SSSR count). The van der Waals surface area contributed by atoms with Crippen LogP contribution in [0.1, 0.15) is 30.2 Å². The van der Waals surface area contributed by atoms with E-state index in [2.05, 4.69) is 30.1 Å². The van der Waals surface area contributed by atoms with E-state index in [1.165, 1.54) is 41.1 Å². The maximum absolute atomic E-state index is 13.7. The summed E-state index contributed by atoms with van der Waals surface area (Å²) in [5, 5.41) is 2.60. The van der Waals surface area contributed by atoms with Gasteiger partial charge < -0.3 is 15.9 Å². The molecular weight excluding hydrogens is 530 g/mol. The molecule has 3 aromatic heterocycles. The van der Waals surface area contributed by atoms with E-state index in [0.29, 0.717) is 5.56 Å². The fourth-order valence-electron chi connectivity index (χ4n) is 4.38. The Hall–Kier alpha value is -4.74. The Bertz CT molecular complexity index is 1680.